The van der Waals surface area contributed by atoms with Crippen LogP contribution in [0.3, 0.4) is 0 Å². The first-order chi connectivity index (χ1) is 12.3. The van der Waals surface area contributed by atoms with Crippen LogP contribution in [0.2, 0.25) is 0 Å². The molecule has 5 rings (SSSR count). The Morgan fingerprint density at radius 3 is 2.85 bits per heavy atom. The van der Waals surface area contributed by atoms with E-state index in [1.807, 2.05) is 6.08 Å². The highest BCUT2D eigenvalue weighted by Gasteiger charge is 2.68. The summed E-state index contributed by atoms with van der Waals surface area (Å²) in [6, 6.07) is 0. The smallest absolute Gasteiger partial charge is 0.313 e. The summed E-state index contributed by atoms with van der Waals surface area (Å²) in [7, 11) is 1.39. The summed E-state index contributed by atoms with van der Waals surface area (Å²) in [5.41, 5.74) is -0.409. The van der Waals surface area contributed by atoms with Crippen molar-refractivity contribution in [3.63, 3.8) is 0 Å². The van der Waals surface area contributed by atoms with Crippen molar-refractivity contribution >= 4 is 12.3 Å². The van der Waals surface area contributed by atoms with Gasteiger partial charge in [-0.05, 0) is 56.4 Å². The van der Waals surface area contributed by atoms with Gasteiger partial charge in [-0.25, -0.2) is 0 Å². The third kappa shape index (κ3) is 2.04. The molecule has 4 saturated carbocycles. The predicted octanol–water partition coefficient (Wildman–Crippen LogP) is 2.03. The van der Waals surface area contributed by atoms with E-state index in [1.165, 1.54) is 7.11 Å². The van der Waals surface area contributed by atoms with E-state index in [9.17, 15) is 19.8 Å². The van der Waals surface area contributed by atoms with Gasteiger partial charge in [0.15, 0.2) is 0 Å². The molecule has 0 saturated heterocycles. The molecule has 142 valence electrons. The molecule has 0 aromatic heterocycles. The number of carbonyl (C=O) groups is 2. The molecule has 5 heteroatoms. The van der Waals surface area contributed by atoms with Crippen molar-refractivity contribution in [1.29, 1.82) is 0 Å². The number of aliphatic hydroxyl groups is 2. The Labute approximate surface area is 154 Å². The van der Waals surface area contributed by atoms with Crippen LogP contribution < -0.4 is 0 Å². The van der Waals surface area contributed by atoms with Gasteiger partial charge in [0.05, 0.1) is 30.1 Å². The monoisotopic (exact) mass is 360 g/mol. The predicted molar refractivity (Wildman–Crippen MR) is 94.9 cm³/mol. The van der Waals surface area contributed by atoms with Gasteiger partial charge >= 0.3 is 5.97 Å². The van der Waals surface area contributed by atoms with Gasteiger partial charge in [0.1, 0.15) is 6.29 Å². The highest BCUT2D eigenvalue weighted by Crippen LogP contribution is 2.67. The van der Waals surface area contributed by atoms with Crippen LogP contribution in [0.15, 0.2) is 23.8 Å². The molecular formula is C21H28O5. The molecule has 5 nitrogen and oxygen atoms in total. The van der Waals surface area contributed by atoms with Gasteiger partial charge in [0.2, 0.25) is 0 Å². The maximum absolute atomic E-state index is 12.8. The van der Waals surface area contributed by atoms with Gasteiger partial charge in [0, 0.05) is 11.8 Å². The SMILES string of the molecule is C=C1C[C@@H]2CCC[C@]1(O)[C@H]1C3C(=CC[C@@H](O)[C@@]3(C)C=O)[C@H](C(=O)OC)[C@@H]21. The second-order valence-electron chi connectivity index (χ2n) is 8.91. The van der Waals surface area contributed by atoms with E-state index in [4.69, 9.17) is 4.74 Å². The summed E-state index contributed by atoms with van der Waals surface area (Å²) >= 11 is 0. The summed E-state index contributed by atoms with van der Waals surface area (Å²) in [6.45, 7) is 5.94. The molecular weight excluding hydrogens is 332 g/mol. The van der Waals surface area contributed by atoms with Crippen LogP contribution in [-0.2, 0) is 14.3 Å². The normalized spacial score (nSPS) is 49.7. The first-order valence-electron chi connectivity index (χ1n) is 9.62. The molecule has 5 aliphatic carbocycles. The number of hydrogen-bond acceptors (Lipinski definition) is 5. The zero-order valence-electron chi connectivity index (χ0n) is 15.5. The lowest BCUT2D eigenvalue weighted by Gasteiger charge is -2.51. The Balaban J connectivity index is 1.95. The third-order valence-corrected chi connectivity index (χ3v) is 7.90. The zero-order chi connectivity index (χ0) is 18.9. The number of aliphatic hydroxyl groups excluding tert-OH is 1. The van der Waals surface area contributed by atoms with Crippen LogP contribution in [0.5, 0.6) is 0 Å². The van der Waals surface area contributed by atoms with E-state index >= 15 is 0 Å². The Bertz CT molecular complexity index is 697. The molecule has 2 N–H and O–H groups in total. The summed E-state index contributed by atoms with van der Waals surface area (Å²) < 4.78 is 5.13. The number of esters is 1. The molecule has 8 atom stereocenters. The number of methoxy groups -OCH3 is 1. The van der Waals surface area contributed by atoms with Crippen molar-refractivity contribution in [2.45, 2.75) is 50.7 Å². The zero-order valence-corrected chi connectivity index (χ0v) is 15.5. The summed E-state index contributed by atoms with van der Waals surface area (Å²) in [5.74, 6) is -1.19. The van der Waals surface area contributed by atoms with Gasteiger partial charge in [-0.1, -0.05) is 18.2 Å². The molecule has 26 heavy (non-hydrogen) atoms. The van der Waals surface area contributed by atoms with Crippen molar-refractivity contribution in [3.8, 4) is 0 Å². The molecule has 0 amide bonds. The van der Waals surface area contributed by atoms with Gasteiger partial charge < -0.3 is 19.7 Å². The second kappa shape index (κ2) is 5.77. The first-order valence-corrected chi connectivity index (χ1v) is 9.62. The minimum Gasteiger partial charge on any atom is -0.469 e. The Kier molecular flexibility index (Phi) is 3.98. The van der Waals surface area contributed by atoms with Crippen LogP contribution in [-0.4, -0.2) is 41.3 Å². The van der Waals surface area contributed by atoms with E-state index in [0.29, 0.717) is 19.3 Å². The molecule has 0 radical (unpaired) electrons. The van der Waals surface area contributed by atoms with Gasteiger partial charge in [0.25, 0.3) is 0 Å². The standard InChI is InChI=1S/C21H28O5/c1-11-9-12-5-4-8-21(11,25)18-15(12)16(19(24)26-3)13-6-7-14(23)20(2,10-22)17(13)18/h6,10,12,14-18,23,25H,1,4-5,7-9H2,2-3H3/t12-,14+,15+,16-,17?,18+,20+,21+/m0/s1. The molecule has 4 fully saturated rings. The molecule has 0 heterocycles. The largest absolute Gasteiger partial charge is 0.469 e. The lowest BCUT2D eigenvalue weighted by molar-refractivity contribution is -0.148. The lowest BCUT2D eigenvalue weighted by Crippen LogP contribution is -2.54. The summed E-state index contributed by atoms with van der Waals surface area (Å²) in [5, 5.41) is 22.3. The third-order valence-electron chi connectivity index (χ3n) is 7.90. The molecule has 1 unspecified atom stereocenters. The topological polar surface area (TPSA) is 83.8 Å². The number of hydrogen-bond donors (Lipinski definition) is 2. The molecule has 2 bridgehead atoms. The number of ether oxygens (including phenoxy) is 1. The van der Waals surface area contributed by atoms with E-state index in [1.54, 1.807) is 6.92 Å². The number of rotatable bonds is 2. The van der Waals surface area contributed by atoms with Gasteiger partial charge in [-0.3, -0.25) is 4.79 Å². The number of aldehydes is 1. The average molecular weight is 360 g/mol. The second-order valence-corrected chi connectivity index (χ2v) is 8.91. The minimum absolute atomic E-state index is 0.0683. The lowest BCUT2D eigenvalue weighted by atomic mass is 9.55. The van der Waals surface area contributed by atoms with Gasteiger partial charge in [-0.2, -0.15) is 0 Å². The molecule has 5 aliphatic rings. The Morgan fingerprint density at radius 1 is 1.46 bits per heavy atom. The van der Waals surface area contributed by atoms with Gasteiger partial charge in [-0.15, -0.1) is 0 Å². The van der Waals surface area contributed by atoms with Crippen molar-refractivity contribution in [1.82, 2.24) is 0 Å². The summed E-state index contributed by atoms with van der Waals surface area (Å²) in [6.07, 6.45) is 5.42. The molecule has 0 spiro atoms. The van der Waals surface area contributed by atoms with Crippen molar-refractivity contribution < 1.29 is 24.5 Å². The van der Waals surface area contributed by atoms with E-state index < -0.39 is 23.0 Å². The maximum Gasteiger partial charge on any atom is 0.313 e. The van der Waals surface area contributed by atoms with Crippen molar-refractivity contribution in [2.24, 2.45) is 35.0 Å². The summed E-state index contributed by atoms with van der Waals surface area (Å²) in [4.78, 5) is 24.9. The first kappa shape index (κ1) is 17.9. The van der Waals surface area contributed by atoms with E-state index in [-0.39, 0.29) is 29.6 Å². The highest BCUT2D eigenvalue weighted by atomic mass is 16.5. The quantitative estimate of drug-likeness (QED) is 0.447. The fourth-order valence-electron chi connectivity index (χ4n) is 6.63. The maximum atomic E-state index is 12.8. The van der Waals surface area contributed by atoms with Crippen molar-refractivity contribution in [3.05, 3.63) is 23.8 Å². The van der Waals surface area contributed by atoms with E-state index in [0.717, 1.165) is 30.3 Å². The molecule has 0 aromatic rings. The fraction of sp³-hybridized carbons (Fsp3) is 0.714. The van der Waals surface area contributed by atoms with Crippen LogP contribution >= 0.6 is 0 Å². The van der Waals surface area contributed by atoms with E-state index in [2.05, 4.69) is 6.58 Å². The fourth-order valence-corrected chi connectivity index (χ4v) is 6.63. The highest BCUT2D eigenvalue weighted by molar-refractivity contribution is 5.79. The van der Waals surface area contributed by atoms with Crippen LogP contribution in [0, 0.1) is 35.0 Å². The average Bonchev–Trinajstić information content (AvgIpc) is 2.84. The Hall–Kier alpha value is -1.46. The number of fused-ring (bicyclic) bond motifs is 4. The number of carbonyl (C=O) groups excluding carboxylic acids is 2. The van der Waals surface area contributed by atoms with Crippen LogP contribution in [0.4, 0.5) is 0 Å². The molecule has 0 aromatic carbocycles. The Morgan fingerprint density at radius 2 is 2.19 bits per heavy atom. The molecule has 0 aliphatic heterocycles. The minimum atomic E-state index is -1.09. The van der Waals surface area contributed by atoms with Crippen LogP contribution in [0.1, 0.15) is 39.0 Å². The van der Waals surface area contributed by atoms with Crippen LogP contribution in [0.25, 0.3) is 0 Å². The van der Waals surface area contributed by atoms with Crippen molar-refractivity contribution in [2.75, 3.05) is 7.11 Å².